The molecule has 0 unspecified atom stereocenters. The van der Waals surface area contributed by atoms with Gasteiger partial charge in [0.1, 0.15) is 18.4 Å². The number of H-pyrrole nitrogens is 1. The summed E-state index contributed by atoms with van der Waals surface area (Å²) in [5.41, 5.74) is -4.00. The second-order valence-corrected chi connectivity index (χ2v) is 4.19. The Hall–Kier alpha value is -1.58. The number of hydrogen-bond donors (Lipinski definition) is 3. The number of aromatic nitrogens is 3. The average Bonchev–Trinajstić information content (AvgIpc) is 2.52. The molecule has 0 aliphatic carbocycles. The van der Waals surface area contributed by atoms with Gasteiger partial charge in [-0.3, -0.25) is 9.78 Å². The molecule has 2 heterocycles. The zero-order valence-electron chi connectivity index (χ0n) is 9.41. The summed E-state index contributed by atoms with van der Waals surface area (Å²) in [6.07, 6.45) is -3.49. The van der Waals surface area contributed by atoms with E-state index in [0.29, 0.717) is 4.68 Å². The number of alkyl halides is 1. The van der Waals surface area contributed by atoms with E-state index >= 15 is 0 Å². The standard InChI is InChI=1S/C9H12FN3O5/c1-9(10)6(16)4(3-14)18-7(9)13-8(17)12-5(15)2-11-13/h2,4,6-7,14,16H,3H2,1H3,(H,12,15,17)/t4-,6-,7+,9-/m1/s1. The van der Waals surface area contributed by atoms with Crippen LogP contribution in [0.25, 0.3) is 0 Å². The summed E-state index contributed by atoms with van der Waals surface area (Å²) in [4.78, 5) is 24.2. The number of nitrogens with zero attached hydrogens (tertiary/aromatic N) is 2. The van der Waals surface area contributed by atoms with E-state index in [2.05, 4.69) is 5.10 Å². The second kappa shape index (κ2) is 4.26. The first-order valence-corrected chi connectivity index (χ1v) is 5.19. The van der Waals surface area contributed by atoms with Gasteiger partial charge in [0, 0.05) is 0 Å². The topological polar surface area (TPSA) is 117 Å². The van der Waals surface area contributed by atoms with Crippen molar-refractivity contribution in [2.24, 2.45) is 0 Å². The van der Waals surface area contributed by atoms with Gasteiger partial charge in [-0.15, -0.1) is 0 Å². The Morgan fingerprint density at radius 3 is 2.83 bits per heavy atom. The first-order valence-electron chi connectivity index (χ1n) is 5.19. The number of rotatable bonds is 2. The van der Waals surface area contributed by atoms with Gasteiger partial charge in [0.05, 0.1) is 6.61 Å². The Morgan fingerprint density at radius 2 is 2.33 bits per heavy atom. The molecule has 0 bridgehead atoms. The Morgan fingerprint density at radius 1 is 1.67 bits per heavy atom. The Kier molecular flexibility index (Phi) is 3.05. The highest BCUT2D eigenvalue weighted by molar-refractivity contribution is 4.98. The fourth-order valence-electron chi connectivity index (χ4n) is 1.85. The van der Waals surface area contributed by atoms with Gasteiger partial charge in [0.2, 0.25) is 0 Å². The predicted octanol–water partition coefficient (Wildman–Crippen LogP) is -2.09. The number of hydrogen-bond acceptors (Lipinski definition) is 6. The molecule has 3 N–H and O–H groups in total. The molecule has 100 valence electrons. The van der Waals surface area contributed by atoms with Gasteiger partial charge in [-0.25, -0.2) is 9.18 Å². The van der Waals surface area contributed by atoms with Crippen LogP contribution in [0.3, 0.4) is 0 Å². The Labute approximate surface area is 99.6 Å². The fraction of sp³-hybridized carbons (Fsp3) is 0.667. The van der Waals surface area contributed by atoms with Crippen LogP contribution >= 0.6 is 0 Å². The van der Waals surface area contributed by atoms with Crippen LogP contribution in [0, 0.1) is 0 Å². The summed E-state index contributed by atoms with van der Waals surface area (Å²) in [5, 5.41) is 22.0. The highest BCUT2D eigenvalue weighted by atomic mass is 19.1. The number of aliphatic hydroxyl groups is 2. The average molecular weight is 261 g/mol. The highest BCUT2D eigenvalue weighted by Gasteiger charge is 2.55. The molecule has 1 aliphatic rings. The molecular weight excluding hydrogens is 249 g/mol. The molecule has 1 aromatic rings. The van der Waals surface area contributed by atoms with Crippen LogP contribution in [0.1, 0.15) is 13.2 Å². The van der Waals surface area contributed by atoms with Crippen molar-refractivity contribution in [1.29, 1.82) is 0 Å². The molecule has 0 radical (unpaired) electrons. The van der Waals surface area contributed by atoms with Crippen LogP contribution in [-0.2, 0) is 4.74 Å². The van der Waals surface area contributed by atoms with Crippen LogP contribution in [0.15, 0.2) is 15.8 Å². The van der Waals surface area contributed by atoms with Crippen LogP contribution in [-0.4, -0.2) is 49.5 Å². The number of aromatic amines is 1. The molecule has 4 atom stereocenters. The van der Waals surface area contributed by atoms with Gasteiger partial charge in [0.25, 0.3) is 5.56 Å². The predicted molar refractivity (Wildman–Crippen MR) is 55.6 cm³/mol. The molecule has 2 rings (SSSR count). The highest BCUT2D eigenvalue weighted by Crippen LogP contribution is 2.39. The molecule has 18 heavy (non-hydrogen) atoms. The van der Waals surface area contributed by atoms with E-state index in [-0.39, 0.29) is 0 Å². The van der Waals surface area contributed by atoms with E-state index in [0.717, 1.165) is 13.1 Å². The van der Waals surface area contributed by atoms with E-state index in [4.69, 9.17) is 9.84 Å². The van der Waals surface area contributed by atoms with E-state index in [9.17, 15) is 19.1 Å². The summed E-state index contributed by atoms with van der Waals surface area (Å²) < 4.78 is 19.9. The minimum atomic E-state index is -2.32. The molecule has 9 heteroatoms. The molecule has 0 spiro atoms. The minimum absolute atomic E-state index is 0.584. The maximum Gasteiger partial charge on any atom is 0.347 e. The molecule has 1 aromatic heterocycles. The smallest absolute Gasteiger partial charge is 0.347 e. The fourth-order valence-corrected chi connectivity index (χ4v) is 1.85. The quantitative estimate of drug-likeness (QED) is 0.562. The summed E-state index contributed by atoms with van der Waals surface area (Å²) in [6.45, 7) is 0.423. The monoisotopic (exact) mass is 261 g/mol. The lowest BCUT2D eigenvalue weighted by Crippen LogP contribution is -2.44. The molecule has 0 amide bonds. The first kappa shape index (κ1) is 12.9. The molecule has 1 aliphatic heterocycles. The molecule has 0 aromatic carbocycles. The first-order chi connectivity index (χ1) is 8.37. The lowest BCUT2D eigenvalue weighted by atomic mass is 9.99. The number of nitrogens with one attached hydrogen (secondary N) is 1. The van der Waals surface area contributed by atoms with Crippen molar-refractivity contribution in [3.8, 4) is 0 Å². The third-order valence-electron chi connectivity index (χ3n) is 2.86. The van der Waals surface area contributed by atoms with Crippen molar-refractivity contribution < 1.29 is 19.3 Å². The normalized spacial score (nSPS) is 35.9. The third kappa shape index (κ3) is 1.85. The lowest BCUT2D eigenvalue weighted by molar-refractivity contribution is -0.0687. The van der Waals surface area contributed by atoms with Gasteiger partial charge >= 0.3 is 5.69 Å². The van der Waals surface area contributed by atoms with Gasteiger partial charge in [-0.1, -0.05) is 0 Å². The van der Waals surface area contributed by atoms with Crippen molar-refractivity contribution >= 4 is 0 Å². The molecule has 1 saturated heterocycles. The SMILES string of the molecule is C[C@@]1(F)[C@H](O)[C@@H](CO)O[C@@H]1n1ncc(=O)[nH]c1=O. The van der Waals surface area contributed by atoms with E-state index < -0.39 is 42.0 Å². The minimum Gasteiger partial charge on any atom is -0.394 e. The maximum atomic E-state index is 14.3. The van der Waals surface area contributed by atoms with E-state index in [1.807, 2.05) is 4.98 Å². The number of aliphatic hydroxyl groups excluding tert-OH is 2. The maximum absolute atomic E-state index is 14.3. The number of ether oxygens (including phenoxy) is 1. The van der Waals surface area contributed by atoms with Gasteiger partial charge in [-0.2, -0.15) is 9.78 Å². The summed E-state index contributed by atoms with van der Waals surface area (Å²) in [6, 6.07) is 0. The summed E-state index contributed by atoms with van der Waals surface area (Å²) >= 11 is 0. The summed E-state index contributed by atoms with van der Waals surface area (Å²) in [5.74, 6) is 0. The van der Waals surface area contributed by atoms with Crippen molar-refractivity contribution in [1.82, 2.24) is 14.8 Å². The van der Waals surface area contributed by atoms with E-state index in [1.165, 1.54) is 0 Å². The van der Waals surface area contributed by atoms with Crippen LogP contribution in [0.5, 0.6) is 0 Å². The third-order valence-corrected chi connectivity index (χ3v) is 2.86. The number of halogens is 1. The van der Waals surface area contributed by atoms with Gasteiger partial charge in [-0.05, 0) is 6.92 Å². The Bertz CT molecular complexity index is 554. The van der Waals surface area contributed by atoms with Gasteiger partial charge < -0.3 is 14.9 Å². The molecule has 8 nitrogen and oxygen atoms in total. The zero-order valence-corrected chi connectivity index (χ0v) is 9.41. The largest absolute Gasteiger partial charge is 0.394 e. The second-order valence-electron chi connectivity index (χ2n) is 4.19. The van der Waals surface area contributed by atoms with Crippen molar-refractivity contribution in [3.05, 3.63) is 27.0 Å². The van der Waals surface area contributed by atoms with Crippen molar-refractivity contribution in [3.63, 3.8) is 0 Å². The van der Waals surface area contributed by atoms with Crippen LogP contribution < -0.4 is 11.2 Å². The Balaban J connectivity index is 2.45. The molecular formula is C9H12FN3O5. The van der Waals surface area contributed by atoms with Crippen LogP contribution in [0.2, 0.25) is 0 Å². The molecule has 0 saturated carbocycles. The summed E-state index contributed by atoms with van der Waals surface area (Å²) in [7, 11) is 0. The van der Waals surface area contributed by atoms with Gasteiger partial charge in [0.15, 0.2) is 11.9 Å². The molecule has 1 fully saturated rings. The van der Waals surface area contributed by atoms with Crippen molar-refractivity contribution in [2.75, 3.05) is 6.61 Å². The van der Waals surface area contributed by atoms with E-state index in [1.54, 1.807) is 0 Å². The lowest BCUT2D eigenvalue weighted by Gasteiger charge is -2.23. The zero-order chi connectivity index (χ0) is 13.5. The van der Waals surface area contributed by atoms with Crippen molar-refractivity contribution in [2.45, 2.75) is 31.0 Å². The van der Waals surface area contributed by atoms with Crippen LogP contribution in [0.4, 0.5) is 4.39 Å².